The average molecular weight is 303 g/mol. The average Bonchev–Trinajstić information content (AvgIpc) is 2.70. The Morgan fingerprint density at radius 3 is 2.69 bits per heavy atom. The molecule has 16 heavy (non-hydrogen) atoms. The second kappa shape index (κ2) is 5.19. The summed E-state index contributed by atoms with van der Waals surface area (Å²) in [4.78, 5) is 11.9. The largest absolute Gasteiger partial charge is 0.349 e. The van der Waals surface area contributed by atoms with Gasteiger partial charge in [0.15, 0.2) is 0 Å². The lowest BCUT2D eigenvalue weighted by Crippen LogP contribution is -2.32. The van der Waals surface area contributed by atoms with E-state index in [-0.39, 0.29) is 5.91 Å². The SMILES string of the molecule is O=C(NC1CCCC1)c1ccc(Cl)cc1Br. The molecule has 1 saturated carbocycles. The number of hydrogen-bond donors (Lipinski definition) is 1. The maximum atomic E-state index is 11.9. The van der Waals surface area contributed by atoms with E-state index in [2.05, 4.69) is 21.2 Å². The van der Waals surface area contributed by atoms with Crippen LogP contribution in [0.4, 0.5) is 0 Å². The minimum atomic E-state index is -0.0181. The number of carbonyl (C=O) groups excluding carboxylic acids is 1. The molecule has 0 saturated heterocycles. The summed E-state index contributed by atoms with van der Waals surface area (Å²) in [5.74, 6) is -0.0181. The summed E-state index contributed by atoms with van der Waals surface area (Å²) in [5.41, 5.74) is 0.649. The van der Waals surface area contributed by atoms with Crippen molar-refractivity contribution < 1.29 is 4.79 Å². The van der Waals surface area contributed by atoms with Crippen molar-refractivity contribution >= 4 is 33.4 Å². The Hall–Kier alpha value is -0.540. The normalized spacial score (nSPS) is 16.4. The third-order valence-corrected chi connectivity index (χ3v) is 3.76. The fourth-order valence-corrected chi connectivity index (χ4v) is 2.87. The summed E-state index contributed by atoms with van der Waals surface area (Å²) in [6.07, 6.45) is 4.62. The van der Waals surface area contributed by atoms with Gasteiger partial charge in [-0.25, -0.2) is 0 Å². The van der Waals surface area contributed by atoms with Crippen molar-refractivity contribution in [3.8, 4) is 0 Å². The number of halogens is 2. The third-order valence-electron chi connectivity index (χ3n) is 2.87. The monoisotopic (exact) mass is 301 g/mol. The molecular weight excluding hydrogens is 289 g/mol. The van der Waals surface area contributed by atoms with Gasteiger partial charge in [0.25, 0.3) is 5.91 Å². The van der Waals surface area contributed by atoms with Gasteiger partial charge in [0, 0.05) is 15.5 Å². The lowest BCUT2D eigenvalue weighted by atomic mass is 10.2. The van der Waals surface area contributed by atoms with Gasteiger partial charge in [-0.1, -0.05) is 24.4 Å². The van der Waals surface area contributed by atoms with Gasteiger partial charge in [0.05, 0.1) is 5.56 Å². The Kier molecular flexibility index (Phi) is 3.87. The molecule has 0 atom stereocenters. The molecule has 4 heteroatoms. The Morgan fingerprint density at radius 2 is 2.06 bits per heavy atom. The van der Waals surface area contributed by atoms with Crippen molar-refractivity contribution in [1.29, 1.82) is 0 Å². The third kappa shape index (κ3) is 2.77. The number of hydrogen-bond acceptors (Lipinski definition) is 1. The van der Waals surface area contributed by atoms with Gasteiger partial charge in [0.1, 0.15) is 0 Å². The molecule has 1 aliphatic carbocycles. The number of benzene rings is 1. The van der Waals surface area contributed by atoms with Crippen LogP contribution in [0.3, 0.4) is 0 Å². The molecule has 1 aromatic rings. The highest BCUT2D eigenvalue weighted by Gasteiger charge is 2.19. The van der Waals surface area contributed by atoms with E-state index in [1.165, 1.54) is 12.8 Å². The van der Waals surface area contributed by atoms with Crippen LogP contribution in [0.5, 0.6) is 0 Å². The highest BCUT2D eigenvalue weighted by atomic mass is 79.9. The standard InChI is InChI=1S/C12H13BrClNO/c13-11-7-8(14)5-6-10(11)12(16)15-9-3-1-2-4-9/h5-7,9H,1-4H2,(H,15,16). The van der Waals surface area contributed by atoms with E-state index < -0.39 is 0 Å². The number of amides is 1. The van der Waals surface area contributed by atoms with Crippen molar-refractivity contribution in [2.75, 3.05) is 0 Å². The molecule has 1 aliphatic rings. The van der Waals surface area contributed by atoms with Gasteiger partial charge in [-0.15, -0.1) is 0 Å². The van der Waals surface area contributed by atoms with Gasteiger partial charge >= 0.3 is 0 Å². The zero-order valence-corrected chi connectivity index (χ0v) is 11.1. The molecule has 0 aliphatic heterocycles. The lowest BCUT2D eigenvalue weighted by Gasteiger charge is -2.12. The zero-order chi connectivity index (χ0) is 11.5. The van der Waals surface area contributed by atoms with Crippen LogP contribution >= 0.6 is 27.5 Å². The summed E-state index contributed by atoms with van der Waals surface area (Å²) < 4.78 is 0.746. The van der Waals surface area contributed by atoms with E-state index in [4.69, 9.17) is 11.6 Å². The Balaban J connectivity index is 2.08. The van der Waals surface area contributed by atoms with Gasteiger partial charge in [-0.2, -0.15) is 0 Å². The summed E-state index contributed by atoms with van der Waals surface area (Å²) in [7, 11) is 0. The molecular formula is C12H13BrClNO. The van der Waals surface area contributed by atoms with E-state index in [1.54, 1.807) is 18.2 Å². The molecule has 2 rings (SSSR count). The first-order valence-corrected chi connectivity index (χ1v) is 6.60. The molecule has 1 aromatic carbocycles. The first-order valence-electron chi connectivity index (χ1n) is 5.43. The van der Waals surface area contributed by atoms with E-state index in [9.17, 15) is 4.79 Å². The van der Waals surface area contributed by atoms with Crippen molar-refractivity contribution in [1.82, 2.24) is 5.32 Å². The van der Waals surface area contributed by atoms with Crippen molar-refractivity contribution in [3.63, 3.8) is 0 Å². The fraction of sp³-hybridized carbons (Fsp3) is 0.417. The minimum absolute atomic E-state index is 0.0181. The van der Waals surface area contributed by atoms with E-state index in [0.717, 1.165) is 17.3 Å². The van der Waals surface area contributed by atoms with Crippen molar-refractivity contribution in [3.05, 3.63) is 33.3 Å². The minimum Gasteiger partial charge on any atom is -0.349 e. The molecule has 86 valence electrons. The highest BCUT2D eigenvalue weighted by molar-refractivity contribution is 9.10. The quantitative estimate of drug-likeness (QED) is 0.885. The Labute approximate surface area is 108 Å². The number of carbonyl (C=O) groups is 1. The van der Waals surface area contributed by atoms with Crippen LogP contribution in [-0.4, -0.2) is 11.9 Å². The fourth-order valence-electron chi connectivity index (χ4n) is 2.01. The molecule has 1 amide bonds. The number of nitrogens with one attached hydrogen (secondary N) is 1. The predicted octanol–water partition coefficient (Wildman–Crippen LogP) is 3.77. The molecule has 0 bridgehead atoms. The molecule has 0 radical (unpaired) electrons. The highest BCUT2D eigenvalue weighted by Crippen LogP contribution is 2.23. The Bertz CT molecular complexity index is 402. The summed E-state index contributed by atoms with van der Waals surface area (Å²) in [6, 6.07) is 5.56. The van der Waals surface area contributed by atoms with Gasteiger partial charge in [0.2, 0.25) is 0 Å². The maximum absolute atomic E-state index is 11.9. The summed E-state index contributed by atoms with van der Waals surface area (Å²) in [5, 5.41) is 3.67. The van der Waals surface area contributed by atoms with Crippen LogP contribution in [0, 0.1) is 0 Å². The van der Waals surface area contributed by atoms with E-state index in [1.807, 2.05) is 0 Å². The molecule has 0 aromatic heterocycles. The molecule has 0 spiro atoms. The number of rotatable bonds is 2. The Morgan fingerprint density at radius 1 is 1.38 bits per heavy atom. The topological polar surface area (TPSA) is 29.1 Å². The van der Waals surface area contributed by atoms with Crippen LogP contribution in [0.15, 0.2) is 22.7 Å². The van der Waals surface area contributed by atoms with Crippen molar-refractivity contribution in [2.24, 2.45) is 0 Å². The van der Waals surface area contributed by atoms with Crippen molar-refractivity contribution in [2.45, 2.75) is 31.7 Å². The summed E-state index contributed by atoms with van der Waals surface area (Å²) >= 11 is 9.18. The van der Waals surface area contributed by atoms with Crippen LogP contribution in [0.25, 0.3) is 0 Å². The van der Waals surface area contributed by atoms with E-state index in [0.29, 0.717) is 16.6 Å². The second-order valence-electron chi connectivity index (χ2n) is 4.08. The molecule has 1 fully saturated rings. The van der Waals surface area contributed by atoms with Gasteiger partial charge < -0.3 is 5.32 Å². The van der Waals surface area contributed by atoms with E-state index >= 15 is 0 Å². The molecule has 0 heterocycles. The summed E-state index contributed by atoms with van der Waals surface area (Å²) in [6.45, 7) is 0. The van der Waals surface area contributed by atoms with Crippen LogP contribution in [0.1, 0.15) is 36.0 Å². The molecule has 2 nitrogen and oxygen atoms in total. The van der Waals surface area contributed by atoms with Gasteiger partial charge in [-0.3, -0.25) is 4.79 Å². The van der Waals surface area contributed by atoms with Crippen LogP contribution in [0.2, 0.25) is 5.02 Å². The van der Waals surface area contributed by atoms with Crippen LogP contribution in [-0.2, 0) is 0 Å². The first-order chi connectivity index (χ1) is 7.66. The van der Waals surface area contributed by atoms with Crippen LogP contribution < -0.4 is 5.32 Å². The smallest absolute Gasteiger partial charge is 0.252 e. The first kappa shape index (κ1) is 11.9. The lowest BCUT2D eigenvalue weighted by molar-refractivity contribution is 0.0937. The van der Waals surface area contributed by atoms with Gasteiger partial charge in [-0.05, 0) is 47.0 Å². The zero-order valence-electron chi connectivity index (χ0n) is 8.80. The predicted molar refractivity (Wildman–Crippen MR) is 68.9 cm³/mol. The second-order valence-corrected chi connectivity index (χ2v) is 5.37. The molecule has 1 N–H and O–H groups in total. The molecule has 0 unspecified atom stereocenters. The maximum Gasteiger partial charge on any atom is 0.252 e.